The summed E-state index contributed by atoms with van der Waals surface area (Å²) in [6.07, 6.45) is 2.12. The average Bonchev–Trinajstić information content (AvgIpc) is 2.96. The van der Waals surface area contributed by atoms with E-state index >= 15 is 0 Å². The number of nitrogens with one attached hydrogen (secondary N) is 1. The molecule has 0 unspecified atom stereocenters. The molecule has 6 nitrogen and oxygen atoms in total. The Kier molecular flexibility index (Phi) is 6.13. The van der Waals surface area contributed by atoms with Gasteiger partial charge in [0.15, 0.2) is 0 Å². The minimum absolute atomic E-state index is 0.684. The fourth-order valence-corrected chi connectivity index (χ4v) is 1.84. The summed E-state index contributed by atoms with van der Waals surface area (Å²) in [5.74, 6) is 0.684. The van der Waals surface area contributed by atoms with Crippen LogP contribution in [-0.4, -0.2) is 47.0 Å². The van der Waals surface area contributed by atoms with Crippen molar-refractivity contribution in [1.82, 2.24) is 25.5 Å². The van der Waals surface area contributed by atoms with Crippen LogP contribution in [0.5, 0.6) is 0 Å². The van der Waals surface area contributed by atoms with Gasteiger partial charge in [-0.3, -0.25) is 0 Å². The highest BCUT2D eigenvalue weighted by molar-refractivity contribution is 5.52. The molecule has 0 spiro atoms. The van der Waals surface area contributed by atoms with E-state index in [4.69, 9.17) is 4.74 Å². The van der Waals surface area contributed by atoms with Gasteiger partial charge in [-0.05, 0) is 24.6 Å². The van der Waals surface area contributed by atoms with Crippen LogP contribution in [0.4, 0.5) is 0 Å². The topological polar surface area (TPSA) is 64.9 Å². The van der Waals surface area contributed by atoms with E-state index in [0.29, 0.717) is 5.82 Å². The van der Waals surface area contributed by atoms with E-state index in [2.05, 4.69) is 20.7 Å². The van der Waals surface area contributed by atoms with E-state index in [1.165, 1.54) is 0 Å². The van der Waals surface area contributed by atoms with E-state index in [9.17, 15) is 0 Å². The van der Waals surface area contributed by atoms with Crippen molar-refractivity contribution in [2.45, 2.75) is 19.4 Å². The van der Waals surface area contributed by atoms with Gasteiger partial charge in [-0.1, -0.05) is 30.3 Å². The van der Waals surface area contributed by atoms with Crippen LogP contribution in [-0.2, 0) is 11.3 Å². The first-order valence-electron chi connectivity index (χ1n) is 6.93. The molecule has 1 aromatic carbocycles. The van der Waals surface area contributed by atoms with Crippen LogP contribution in [0, 0.1) is 0 Å². The van der Waals surface area contributed by atoms with Gasteiger partial charge in [-0.2, -0.15) is 4.80 Å². The number of aryl methyl sites for hydroxylation is 1. The second-order valence-corrected chi connectivity index (χ2v) is 4.52. The predicted octanol–water partition coefficient (Wildman–Crippen LogP) is 1.36. The lowest BCUT2D eigenvalue weighted by Gasteiger charge is -2.03. The zero-order chi connectivity index (χ0) is 14.0. The third-order valence-electron chi connectivity index (χ3n) is 2.93. The van der Waals surface area contributed by atoms with E-state index in [1.807, 2.05) is 30.3 Å². The Bertz CT molecular complexity index is 485. The van der Waals surface area contributed by atoms with Crippen molar-refractivity contribution in [3.8, 4) is 11.4 Å². The summed E-state index contributed by atoms with van der Waals surface area (Å²) in [6, 6.07) is 9.90. The Balaban J connectivity index is 1.69. The quantitative estimate of drug-likeness (QED) is 0.700. The van der Waals surface area contributed by atoms with Gasteiger partial charge < -0.3 is 10.1 Å². The molecule has 0 fully saturated rings. The number of tetrazole rings is 1. The summed E-state index contributed by atoms with van der Waals surface area (Å²) < 4.78 is 4.97. The normalized spacial score (nSPS) is 10.8. The van der Waals surface area contributed by atoms with E-state index in [1.54, 1.807) is 11.9 Å². The molecule has 0 aliphatic carbocycles. The molecule has 1 heterocycles. The van der Waals surface area contributed by atoms with Gasteiger partial charge >= 0.3 is 0 Å². The SMILES string of the molecule is COCCNCCCCn1nnc(-c2ccccc2)n1. The molecular weight excluding hydrogens is 254 g/mol. The standard InChI is InChI=1S/C14H21N5O/c1-20-12-10-15-9-5-6-11-19-17-14(16-18-19)13-7-3-2-4-8-13/h2-4,7-8,15H,5-6,9-12H2,1H3. The van der Waals surface area contributed by atoms with Gasteiger partial charge in [-0.15, -0.1) is 10.2 Å². The molecule has 0 aliphatic rings. The van der Waals surface area contributed by atoms with Crippen LogP contribution < -0.4 is 5.32 Å². The van der Waals surface area contributed by atoms with Crippen molar-refractivity contribution in [1.29, 1.82) is 0 Å². The Hall–Kier alpha value is -1.79. The fraction of sp³-hybridized carbons (Fsp3) is 0.500. The lowest BCUT2D eigenvalue weighted by molar-refractivity contribution is 0.199. The number of unbranched alkanes of at least 4 members (excludes halogenated alkanes) is 1. The minimum Gasteiger partial charge on any atom is -0.383 e. The first-order valence-corrected chi connectivity index (χ1v) is 6.93. The molecule has 0 aliphatic heterocycles. The van der Waals surface area contributed by atoms with Crippen molar-refractivity contribution in [2.24, 2.45) is 0 Å². The molecule has 108 valence electrons. The van der Waals surface area contributed by atoms with Crippen LogP contribution in [0.25, 0.3) is 11.4 Å². The van der Waals surface area contributed by atoms with Crippen molar-refractivity contribution < 1.29 is 4.74 Å². The number of ether oxygens (including phenoxy) is 1. The van der Waals surface area contributed by atoms with Gasteiger partial charge in [0.1, 0.15) is 0 Å². The highest BCUT2D eigenvalue weighted by Crippen LogP contribution is 2.11. The average molecular weight is 275 g/mol. The first kappa shape index (κ1) is 14.6. The molecule has 0 saturated carbocycles. The maximum atomic E-state index is 4.97. The lowest BCUT2D eigenvalue weighted by atomic mass is 10.2. The third kappa shape index (κ3) is 4.71. The molecule has 2 rings (SSSR count). The first-order chi connectivity index (χ1) is 9.90. The Morgan fingerprint density at radius 3 is 2.80 bits per heavy atom. The molecular formula is C14H21N5O. The van der Waals surface area contributed by atoms with Gasteiger partial charge in [0.2, 0.25) is 5.82 Å². The predicted molar refractivity (Wildman–Crippen MR) is 77.2 cm³/mol. The summed E-state index contributed by atoms with van der Waals surface area (Å²) in [7, 11) is 1.71. The second kappa shape index (κ2) is 8.39. The molecule has 0 atom stereocenters. The van der Waals surface area contributed by atoms with Crippen LogP contribution >= 0.6 is 0 Å². The summed E-state index contributed by atoms with van der Waals surface area (Å²) in [5, 5.41) is 15.8. The monoisotopic (exact) mass is 275 g/mol. The van der Waals surface area contributed by atoms with Crippen molar-refractivity contribution in [2.75, 3.05) is 26.8 Å². The fourth-order valence-electron chi connectivity index (χ4n) is 1.84. The zero-order valence-corrected chi connectivity index (χ0v) is 11.8. The highest BCUT2D eigenvalue weighted by atomic mass is 16.5. The van der Waals surface area contributed by atoms with Crippen LogP contribution in [0.15, 0.2) is 30.3 Å². The van der Waals surface area contributed by atoms with Crippen molar-refractivity contribution >= 4 is 0 Å². The van der Waals surface area contributed by atoms with Crippen LogP contribution in [0.2, 0.25) is 0 Å². The number of hydrogen-bond donors (Lipinski definition) is 1. The second-order valence-electron chi connectivity index (χ2n) is 4.52. The smallest absolute Gasteiger partial charge is 0.204 e. The lowest BCUT2D eigenvalue weighted by Crippen LogP contribution is -2.20. The molecule has 20 heavy (non-hydrogen) atoms. The van der Waals surface area contributed by atoms with E-state index in [0.717, 1.165) is 44.6 Å². The summed E-state index contributed by atoms with van der Waals surface area (Å²) in [4.78, 5) is 1.66. The molecule has 0 saturated heterocycles. The van der Waals surface area contributed by atoms with Gasteiger partial charge in [0, 0.05) is 19.2 Å². The largest absolute Gasteiger partial charge is 0.383 e. The van der Waals surface area contributed by atoms with Gasteiger partial charge in [-0.25, -0.2) is 0 Å². The maximum absolute atomic E-state index is 4.97. The molecule has 2 aromatic rings. The molecule has 6 heteroatoms. The Morgan fingerprint density at radius 2 is 2.00 bits per heavy atom. The van der Waals surface area contributed by atoms with Gasteiger partial charge in [0.25, 0.3) is 0 Å². The van der Waals surface area contributed by atoms with Crippen LogP contribution in [0.3, 0.4) is 0 Å². The summed E-state index contributed by atoms with van der Waals surface area (Å²) in [5.41, 5.74) is 1.000. The van der Waals surface area contributed by atoms with E-state index < -0.39 is 0 Å². The number of methoxy groups -OCH3 is 1. The highest BCUT2D eigenvalue weighted by Gasteiger charge is 2.04. The number of rotatable bonds is 9. The van der Waals surface area contributed by atoms with Crippen molar-refractivity contribution in [3.05, 3.63) is 30.3 Å². The van der Waals surface area contributed by atoms with Crippen molar-refractivity contribution in [3.63, 3.8) is 0 Å². The molecule has 0 bridgehead atoms. The number of nitrogens with zero attached hydrogens (tertiary/aromatic N) is 4. The maximum Gasteiger partial charge on any atom is 0.204 e. The number of benzene rings is 1. The Labute approximate surface area is 119 Å². The minimum atomic E-state index is 0.684. The van der Waals surface area contributed by atoms with Gasteiger partial charge in [0.05, 0.1) is 13.2 Å². The molecule has 1 aromatic heterocycles. The number of aromatic nitrogens is 4. The molecule has 0 radical (unpaired) electrons. The number of hydrogen-bond acceptors (Lipinski definition) is 5. The zero-order valence-electron chi connectivity index (χ0n) is 11.8. The third-order valence-corrected chi connectivity index (χ3v) is 2.93. The molecule has 0 amide bonds. The van der Waals surface area contributed by atoms with E-state index in [-0.39, 0.29) is 0 Å². The molecule has 1 N–H and O–H groups in total. The summed E-state index contributed by atoms with van der Waals surface area (Å²) >= 11 is 0. The Morgan fingerprint density at radius 1 is 1.15 bits per heavy atom. The summed E-state index contributed by atoms with van der Waals surface area (Å²) in [6.45, 7) is 3.44. The van der Waals surface area contributed by atoms with Crippen LogP contribution in [0.1, 0.15) is 12.8 Å².